The second-order valence-corrected chi connectivity index (χ2v) is 34.0. The minimum Gasteiger partial charge on any atom is -0.479 e. The van der Waals surface area contributed by atoms with E-state index in [1.165, 1.54) is 27.7 Å². The minimum absolute atomic E-state index is 0.000334. The van der Waals surface area contributed by atoms with Gasteiger partial charge in [0.1, 0.15) is 158 Å². The highest BCUT2D eigenvalue weighted by Gasteiger charge is 2.49. The Hall–Kier alpha value is -4.04. The number of thiocarbonyl (C=S) groups is 4. The number of carbonyl (C=O) groups is 8. The Morgan fingerprint density at radius 1 is 0.319 bits per heavy atom. The van der Waals surface area contributed by atoms with Crippen molar-refractivity contribution < 1.29 is 191 Å². The standard InChI is InChI=1S/C66H102O39S8/c1-9-91-62(106)110-35(55(84)95-18-30-17-31(67)40(69)44(73)39(30)68)13-26(5)51(80)99-22-66(23-100-52(81)27(6)14-36(111-63(107)92-10-2)56(85)96-19-32-41(70)45(74)48(77)59(88)103-32,24-101-53(82)28(7)15-37(112-64(108)93-11-3)57(86)97-20-33-42(71)46(75)49(78)60(89)104-33)25-102-54(83)29(8)16-38(113-65(109)94-12-4)58(87)98-21-34-43(72)47(76)50(79)61(90)105-34/h26-50,59-61,67-79,88-90H,9-25H2,1-8H3/t26?,27?,28?,29?,30?,31-,32?,33?,34?,35?,36?,37?,38?,39-,40?,41-,42-,43-,44-,45-,46-,47-,48?,49?,50?,59-,60-,61-,66?/m0/s1. The fraction of sp³-hybridized carbons (Fsp3) is 0.818. The van der Waals surface area contributed by atoms with Crippen LogP contribution in [0.5, 0.6) is 0 Å². The quantitative estimate of drug-likeness (QED) is 0.0158. The van der Waals surface area contributed by atoms with Gasteiger partial charge in [0.25, 0.3) is 0 Å². The first-order chi connectivity index (χ1) is 53.0. The highest BCUT2D eigenvalue weighted by atomic mass is 32.2. The zero-order chi connectivity index (χ0) is 85.0. The molecule has 16 N–H and O–H groups in total. The number of ether oxygens (including phenoxy) is 15. The van der Waals surface area contributed by atoms with E-state index in [9.17, 15) is 120 Å². The van der Waals surface area contributed by atoms with Crippen LogP contribution in [0.3, 0.4) is 0 Å². The van der Waals surface area contributed by atoms with Gasteiger partial charge in [0, 0.05) is 5.92 Å². The molecule has 0 spiro atoms. The summed E-state index contributed by atoms with van der Waals surface area (Å²) in [7, 11) is 0. The molecule has 0 aromatic heterocycles. The van der Waals surface area contributed by atoms with Gasteiger partial charge in [-0.25, -0.2) is 0 Å². The van der Waals surface area contributed by atoms with Crippen molar-refractivity contribution >= 4 is 161 Å². The molecule has 28 atom stereocenters. The lowest BCUT2D eigenvalue weighted by atomic mass is 9.81. The zero-order valence-corrected chi connectivity index (χ0v) is 69.0. The van der Waals surface area contributed by atoms with Crippen LogP contribution in [0.4, 0.5) is 0 Å². The van der Waals surface area contributed by atoms with Gasteiger partial charge < -0.3 is 153 Å². The molecule has 0 bridgehead atoms. The summed E-state index contributed by atoms with van der Waals surface area (Å²) < 4.78 is 81.6. The molecule has 3 heterocycles. The number of rotatable bonds is 40. The lowest BCUT2D eigenvalue weighted by molar-refractivity contribution is -0.287. The molecule has 0 aromatic carbocycles. The van der Waals surface area contributed by atoms with Crippen molar-refractivity contribution in [3.63, 3.8) is 0 Å². The SMILES string of the molecule is CCOC(=S)SC(CC(C)C(=O)OCC(COC(=O)C(C)CC(SC(=S)OCC)C(=O)OCC1O[C@H](O)C(O)[C@@H](O)[C@H]1O)(COC(=O)C(C)CC(SC(=S)OCC)C(=O)OCC1O[C@H](O)C(O)[C@@H](O)[C@H]1O)COC(=O)C(C)CC(SC(=S)OCC)C(=O)OCC1O[C@H](O)C(O)[C@@H](O)[C@H]1O)C(=O)OCC1C[C@H](O)C(O)[C@@H](O)[C@H]1O. The van der Waals surface area contributed by atoms with Crippen LogP contribution in [-0.2, 0) is 109 Å². The molecule has 4 fully saturated rings. The Morgan fingerprint density at radius 2 is 0.549 bits per heavy atom. The number of esters is 8. The molecule has 0 amide bonds. The molecule has 4 aliphatic rings. The van der Waals surface area contributed by atoms with Gasteiger partial charge in [-0.3, -0.25) is 38.4 Å². The smallest absolute Gasteiger partial charge is 0.319 e. The summed E-state index contributed by atoms with van der Waals surface area (Å²) >= 11 is 23.7. The van der Waals surface area contributed by atoms with E-state index in [1.54, 1.807) is 27.7 Å². The average Bonchev–Trinajstić information content (AvgIpc) is 0.836. The third kappa shape index (κ3) is 31.6. The second-order valence-electron chi connectivity index (χ2n) is 26.8. The minimum atomic E-state index is -2.31. The molecule has 39 nitrogen and oxygen atoms in total. The van der Waals surface area contributed by atoms with Crippen LogP contribution in [0.25, 0.3) is 0 Å². The summed E-state index contributed by atoms with van der Waals surface area (Å²) in [5.41, 5.74) is -2.31. The molecular formula is C66H102O39S8. The molecule has 16 unspecified atom stereocenters. The Labute approximate surface area is 687 Å². The third-order valence-electron chi connectivity index (χ3n) is 17.8. The monoisotopic (exact) mass is 1770 g/mol. The fourth-order valence-corrected chi connectivity index (χ4v) is 16.7. The van der Waals surface area contributed by atoms with E-state index in [-0.39, 0.29) is 50.4 Å². The van der Waals surface area contributed by atoms with E-state index in [0.29, 0.717) is 47.0 Å². The predicted octanol–water partition coefficient (Wildman–Crippen LogP) is -4.02. The zero-order valence-electron chi connectivity index (χ0n) is 62.5. The first-order valence-electron chi connectivity index (χ1n) is 35.6. The highest BCUT2D eigenvalue weighted by Crippen LogP contribution is 2.35. The van der Waals surface area contributed by atoms with Crippen LogP contribution in [-0.4, -0.2) is 364 Å². The molecule has 47 heteroatoms. The van der Waals surface area contributed by atoms with Gasteiger partial charge in [-0.2, -0.15) is 0 Å². The van der Waals surface area contributed by atoms with Crippen molar-refractivity contribution in [2.24, 2.45) is 35.0 Å². The Kier molecular flexibility index (Phi) is 44.4. The van der Waals surface area contributed by atoms with Gasteiger partial charge in [-0.15, -0.1) is 0 Å². The van der Waals surface area contributed by atoms with E-state index in [0.717, 1.165) is 0 Å². The van der Waals surface area contributed by atoms with E-state index in [1.807, 2.05) is 0 Å². The molecule has 113 heavy (non-hydrogen) atoms. The Morgan fingerprint density at radius 3 is 0.788 bits per heavy atom. The summed E-state index contributed by atoms with van der Waals surface area (Å²) in [5, 5.41) is 159. The third-order valence-corrected chi connectivity index (χ3v) is 23.4. The van der Waals surface area contributed by atoms with Gasteiger partial charge in [0.05, 0.1) is 68.9 Å². The van der Waals surface area contributed by atoms with Crippen LogP contribution < -0.4 is 0 Å². The summed E-state index contributed by atoms with van der Waals surface area (Å²) in [6.45, 7) is 3.92. The number of hydrogen-bond acceptors (Lipinski definition) is 47. The fourth-order valence-electron chi connectivity index (χ4n) is 11.0. The molecule has 3 saturated heterocycles. The molecule has 648 valence electrons. The first kappa shape index (κ1) is 101. The molecule has 0 radical (unpaired) electrons. The number of hydrogen-bond donors (Lipinski definition) is 16. The van der Waals surface area contributed by atoms with Gasteiger partial charge in [-0.05, 0) is 109 Å². The highest BCUT2D eigenvalue weighted by molar-refractivity contribution is 8.24. The summed E-state index contributed by atoms with van der Waals surface area (Å²) in [6, 6.07) is 0. The van der Waals surface area contributed by atoms with Crippen LogP contribution in [0, 0.1) is 35.0 Å². The van der Waals surface area contributed by atoms with Crippen LogP contribution in [0.2, 0.25) is 0 Å². The van der Waals surface area contributed by atoms with E-state index >= 15 is 0 Å². The van der Waals surface area contributed by atoms with Crippen LogP contribution in [0.1, 0.15) is 87.5 Å². The maximum Gasteiger partial charge on any atom is 0.319 e. The molecule has 1 aliphatic carbocycles. The maximum atomic E-state index is 14.6. The Bertz CT molecular complexity index is 2720. The van der Waals surface area contributed by atoms with Crippen LogP contribution >= 0.6 is 95.9 Å². The summed E-state index contributed by atoms with van der Waals surface area (Å²) in [6.07, 6.45) is -37.3. The molecule has 0 aromatic rings. The van der Waals surface area contributed by atoms with Crippen molar-refractivity contribution in [2.75, 3.05) is 79.3 Å². The van der Waals surface area contributed by atoms with Crippen molar-refractivity contribution in [1.82, 2.24) is 0 Å². The topological polar surface area (TPSA) is 599 Å². The van der Waals surface area contributed by atoms with Crippen molar-refractivity contribution in [2.45, 2.75) is 225 Å². The van der Waals surface area contributed by atoms with Gasteiger partial charge in [-0.1, -0.05) is 74.7 Å². The van der Waals surface area contributed by atoms with Crippen molar-refractivity contribution in [3.05, 3.63) is 0 Å². The summed E-state index contributed by atoms with van der Waals surface area (Å²) in [4.78, 5) is 114. The lowest BCUT2D eigenvalue weighted by Gasteiger charge is -2.38. The van der Waals surface area contributed by atoms with Gasteiger partial charge in [0.2, 0.25) is 17.5 Å². The van der Waals surface area contributed by atoms with Gasteiger partial charge >= 0.3 is 47.8 Å². The lowest BCUT2D eigenvalue weighted by Crippen LogP contribution is -2.58. The summed E-state index contributed by atoms with van der Waals surface area (Å²) in [5.74, 6) is -15.9. The number of carbonyl (C=O) groups excluding carboxylic acids is 8. The number of thioether (sulfide) groups is 4. The normalized spacial score (nSPS) is 30.4. The Balaban J connectivity index is 1.82. The van der Waals surface area contributed by atoms with Gasteiger partial charge in [0.15, 0.2) is 18.9 Å². The molecule has 4 rings (SSSR count). The number of aliphatic hydroxyl groups excluding tert-OH is 16. The van der Waals surface area contributed by atoms with E-state index < -0.39 is 299 Å². The average molecular weight is 1780 g/mol. The van der Waals surface area contributed by atoms with E-state index in [4.69, 9.17) is 120 Å². The predicted molar refractivity (Wildman–Crippen MR) is 406 cm³/mol. The number of aliphatic hydroxyl groups is 16. The largest absolute Gasteiger partial charge is 0.479 e. The van der Waals surface area contributed by atoms with E-state index in [2.05, 4.69) is 0 Å². The maximum absolute atomic E-state index is 14.6. The first-order valence-corrected chi connectivity index (χ1v) is 40.7. The van der Waals surface area contributed by atoms with Crippen LogP contribution in [0.15, 0.2) is 0 Å². The molecule has 1 saturated carbocycles. The van der Waals surface area contributed by atoms with Crippen molar-refractivity contribution in [1.29, 1.82) is 0 Å². The molecular weight excluding hydrogens is 1670 g/mol. The second kappa shape index (κ2) is 49.5. The molecule has 3 aliphatic heterocycles. The van der Waals surface area contributed by atoms with Crippen molar-refractivity contribution in [3.8, 4) is 0 Å².